The number of allylic oxidation sites excluding steroid dienone is 26. The largest absolute Gasteiger partial charge is 0.472 e. The van der Waals surface area contributed by atoms with Gasteiger partial charge in [-0.3, -0.25) is 18.6 Å². The standard InChI is InChI=1S/C75H124NO8P/c1-3-5-7-9-11-13-15-17-19-21-23-25-27-29-31-33-35-36-38-40-42-44-46-48-50-52-54-56-58-60-62-64-66-68-75(78)84-73(72-83-85(79,80)82-70-69-76)71-81-74(77)67-65-63-61-59-57-55-53-51-49-47-45-43-41-39-37-34-32-30-28-26-24-22-20-18-16-14-12-10-8-6-4-2/h5-8,11-14,17-20,23-26,29-32,35-36,40,42,46,48,73H,3-4,9-10,15-16,21-22,27-28,33-34,37-39,41,43-45,47,49-72,76H2,1-2H3,(H,79,80)/b7-5-,8-6-,13-11-,14-12-,19-17-,20-18-,25-23-,26-24-,31-29-,32-30-,36-35-,42-40-,48-46-. The van der Waals surface area contributed by atoms with Crippen molar-refractivity contribution in [2.75, 3.05) is 26.4 Å². The first-order valence-electron chi connectivity index (χ1n) is 34.0. The number of nitrogens with two attached hydrogens (primary N) is 1. The second-order valence-corrected chi connectivity index (χ2v) is 23.4. The molecule has 0 rings (SSSR count). The van der Waals surface area contributed by atoms with Crippen LogP contribution < -0.4 is 5.73 Å². The summed E-state index contributed by atoms with van der Waals surface area (Å²) in [5, 5.41) is 0. The minimum absolute atomic E-state index is 0.0448. The van der Waals surface area contributed by atoms with E-state index < -0.39 is 26.5 Å². The van der Waals surface area contributed by atoms with Crippen LogP contribution >= 0.6 is 7.82 Å². The normalized spacial score (nSPS) is 14.0. The molecule has 0 bridgehead atoms. The van der Waals surface area contributed by atoms with E-state index in [1.165, 1.54) is 109 Å². The van der Waals surface area contributed by atoms with Gasteiger partial charge in [-0.15, -0.1) is 0 Å². The summed E-state index contributed by atoms with van der Waals surface area (Å²) in [6.45, 7) is 3.51. The molecule has 0 aliphatic carbocycles. The Morgan fingerprint density at radius 1 is 0.353 bits per heavy atom. The maximum absolute atomic E-state index is 12.8. The molecule has 9 nitrogen and oxygen atoms in total. The zero-order valence-electron chi connectivity index (χ0n) is 54.0. The first-order valence-corrected chi connectivity index (χ1v) is 35.5. The lowest BCUT2D eigenvalue weighted by Crippen LogP contribution is -2.29. The Kier molecular flexibility index (Phi) is 65.2. The van der Waals surface area contributed by atoms with E-state index in [0.717, 1.165) is 128 Å². The van der Waals surface area contributed by atoms with E-state index >= 15 is 0 Å². The van der Waals surface area contributed by atoms with Gasteiger partial charge in [-0.25, -0.2) is 4.57 Å². The summed E-state index contributed by atoms with van der Waals surface area (Å²) >= 11 is 0. The Hall–Kier alpha value is -4.37. The summed E-state index contributed by atoms with van der Waals surface area (Å²) in [7, 11) is -4.41. The SMILES string of the molecule is CC/C=C\C/C=C\C/C=C\C/C=C\C/C=C\C/C=C\C/C=C\C/C=C\CCCCCCCCCCC(=O)OC(COC(=O)CCCCCCCCCCCCCCCCC/C=C\C/C=C\C/C=C\C/C=C\C/C=C\CC)COP(=O)(O)OCCN. The van der Waals surface area contributed by atoms with E-state index in [9.17, 15) is 19.0 Å². The number of rotatable bonds is 62. The molecule has 10 heteroatoms. The van der Waals surface area contributed by atoms with Crippen LogP contribution in [0.1, 0.15) is 271 Å². The fourth-order valence-electron chi connectivity index (χ4n) is 8.97. The number of phosphoric acid groups is 1. The third-order valence-electron chi connectivity index (χ3n) is 13.9. The Labute approximate surface area is 521 Å². The average molecular weight is 1200 g/mol. The summed E-state index contributed by atoms with van der Waals surface area (Å²) < 4.78 is 33.2. The molecule has 482 valence electrons. The van der Waals surface area contributed by atoms with Gasteiger partial charge >= 0.3 is 19.8 Å². The van der Waals surface area contributed by atoms with Gasteiger partial charge in [0.1, 0.15) is 6.61 Å². The highest BCUT2D eigenvalue weighted by molar-refractivity contribution is 7.47. The average Bonchev–Trinajstić information content (AvgIpc) is 3.52. The Balaban J connectivity index is 3.97. The molecule has 0 saturated heterocycles. The number of hydrogen-bond acceptors (Lipinski definition) is 8. The van der Waals surface area contributed by atoms with Crippen molar-refractivity contribution in [2.24, 2.45) is 5.73 Å². The predicted molar refractivity (Wildman–Crippen MR) is 366 cm³/mol. The van der Waals surface area contributed by atoms with Crippen LogP contribution in [0.25, 0.3) is 0 Å². The highest BCUT2D eigenvalue weighted by Crippen LogP contribution is 2.43. The number of hydrogen-bond donors (Lipinski definition) is 2. The lowest BCUT2D eigenvalue weighted by molar-refractivity contribution is -0.161. The first kappa shape index (κ1) is 80.6. The second kappa shape index (κ2) is 68.7. The minimum Gasteiger partial charge on any atom is -0.462 e. The van der Waals surface area contributed by atoms with E-state index in [2.05, 4.69) is 172 Å². The van der Waals surface area contributed by atoms with Crippen molar-refractivity contribution in [3.05, 3.63) is 158 Å². The van der Waals surface area contributed by atoms with Gasteiger partial charge in [0, 0.05) is 19.4 Å². The molecule has 0 spiro atoms. The topological polar surface area (TPSA) is 134 Å². The molecular weight excluding hydrogens is 1070 g/mol. The van der Waals surface area contributed by atoms with Gasteiger partial charge in [0.2, 0.25) is 0 Å². The van der Waals surface area contributed by atoms with Gasteiger partial charge in [-0.2, -0.15) is 0 Å². The molecule has 0 heterocycles. The van der Waals surface area contributed by atoms with Crippen LogP contribution in [0.4, 0.5) is 0 Å². The highest BCUT2D eigenvalue weighted by Gasteiger charge is 2.26. The molecule has 0 amide bonds. The summed E-state index contributed by atoms with van der Waals surface area (Å²) in [6.07, 6.45) is 100. The highest BCUT2D eigenvalue weighted by atomic mass is 31.2. The summed E-state index contributed by atoms with van der Waals surface area (Å²) in [5.41, 5.74) is 5.40. The smallest absolute Gasteiger partial charge is 0.462 e. The lowest BCUT2D eigenvalue weighted by atomic mass is 10.0. The lowest BCUT2D eigenvalue weighted by Gasteiger charge is -2.19. The number of unbranched alkanes of at least 4 members (excludes halogenated alkanes) is 23. The van der Waals surface area contributed by atoms with Crippen molar-refractivity contribution in [3.8, 4) is 0 Å². The molecular formula is C75H124NO8P. The Morgan fingerprint density at radius 3 is 0.906 bits per heavy atom. The quantitative estimate of drug-likeness (QED) is 0.0264. The predicted octanol–water partition coefficient (Wildman–Crippen LogP) is 22.4. The van der Waals surface area contributed by atoms with Crippen LogP contribution in [0.3, 0.4) is 0 Å². The van der Waals surface area contributed by atoms with Crippen molar-refractivity contribution < 1.29 is 37.6 Å². The van der Waals surface area contributed by atoms with Crippen molar-refractivity contribution >= 4 is 19.8 Å². The van der Waals surface area contributed by atoms with E-state index in [1.807, 2.05) is 0 Å². The van der Waals surface area contributed by atoms with Gasteiger partial charge < -0.3 is 20.1 Å². The molecule has 0 aliphatic heterocycles. The van der Waals surface area contributed by atoms with E-state index in [4.69, 9.17) is 24.3 Å². The van der Waals surface area contributed by atoms with Gasteiger partial charge in [-0.1, -0.05) is 294 Å². The number of esters is 2. The van der Waals surface area contributed by atoms with Gasteiger partial charge in [0.05, 0.1) is 13.2 Å². The Morgan fingerprint density at radius 2 is 0.612 bits per heavy atom. The maximum Gasteiger partial charge on any atom is 0.472 e. The van der Waals surface area contributed by atoms with Crippen LogP contribution in [-0.4, -0.2) is 49.3 Å². The fraction of sp³-hybridized carbons (Fsp3) is 0.627. The van der Waals surface area contributed by atoms with Crippen molar-refractivity contribution in [1.82, 2.24) is 0 Å². The minimum atomic E-state index is -4.41. The van der Waals surface area contributed by atoms with Crippen LogP contribution in [0, 0.1) is 0 Å². The van der Waals surface area contributed by atoms with Crippen LogP contribution in [0.5, 0.6) is 0 Å². The van der Waals surface area contributed by atoms with Gasteiger partial charge in [-0.05, 0) is 122 Å². The number of phosphoric ester groups is 1. The maximum atomic E-state index is 12.8. The van der Waals surface area contributed by atoms with Crippen molar-refractivity contribution in [3.63, 3.8) is 0 Å². The molecule has 0 aromatic carbocycles. The monoisotopic (exact) mass is 1200 g/mol. The summed E-state index contributed by atoms with van der Waals surface area (Å²) in [6, 6.07) is 0. The molecule has 2 atom stereocenters. The molecule has 0 aliphatic rings. The molecule has 0 saturated carbocycles. The van der Waals surface area contributed by atoms with Crippen LogP contribution in [0.15, 0.2) is 158 Å². The number of ether oxygens (including phenoxy) is 2. The van der Waals surface area contributed by atoms with Crippen molar-refractivity contribution in [1.29, 1.82) is 0 Å². The molecule has 85 heavy (non-hydrogen) atoms. The zero-order chi connectivity index (χ0) is 61.6. The van der Waals surface area contributed by atoms with Crippen LogP contribution in [0.2, 0.25) is 0 Å². The van der Waals surface area contributed by atoms with E-state index in [0.29, 0.717) is 6.42 Å². The molecule has 2 unspecified atom stereocenters. The third-order valence-corrected chi connectivity index (χ3v) is 14.9. The number of carbonyl (C=O) groups is 2. The van der Waals surface area contributed by atoms with E-state index in [1.54, 1.807) is 0 Å². The molecule has 0 fully saturated rings. The van der Waals surface area contributed by atoms with Crippen LogP contribution in [-0.2, 0) is 32.7 Å². The molecule has 0 aromatic heterocycles. The first-order chi connectivity index (χ1) is 41.8. The van der Waals surface area contributed by atoms with Gasteiger partial charge in [0.15, 0.2) is 6.10 Å². The van der Waals surface area contributed by atoms with E-state index in [-0.39, 0.29) is 38.6 Å². The third kappa shape index (κ3) is 68.6. The van der Waals surface area contributed by atoms with Gasteiger partial charge in [0.25, 0.3) is 0 Å². The second-order valence-electron chi connectivity index (χ2n) is 21.9. The molecule has 0 radical (unpaired) electrons. The fourth-order valence-corrected chi connectivity index (χ4v) is 9.74. The Bertz CT molecular complexity index is 1950. The molecule has 3 N–H and O–H groups in total. The molecule has 0 aromatic rings. The summed E-state index contributed by atoms with van der Waals surface area (Å²) in [5.74, 6) is -0.842. The van der Waals surface area contributed by atoms with Crippen molar-refractivity contribution in [2.45, 2.75) is 277 Å². The zero-order valence-corrected chi connectivity index (χ0v) is 54.9. The summed E-state index contributed by atoms with van der Waals surface area (Å²) in [4.78, 5) is 35.4. The number of carbonyl (C=O) groups excluding carboxylic acids is 2.